The first-order valence-electron chi connectivity index (χ1n) is 5.41. The highest BCUT2D eigenvalue weighted by atomic mass is 32.1. The van der Waals surface area contributed by atoms with Crippen LogP contribution in [0.15, 0.2) is 24.3 Å². The Bertz CT molecular complexity index is 577. The molecule has 19 heavy (non-hydrogen) atoms. The molecule has 0 aliphatic rings. The number of hydrogen-bond acceptors (Lipinski definition) is 3. The highest BCUT2D eigenvalue weighted by Gasteiger charge is 2.36. The first-order valence-corrected chi connectivity index (χ1v) is 6.22. The second kappa shape index (κ2) is 5.26. The third-order valence-electron chi connectivity index (χ3n) is 2.50. The van der Waals surface area contributed by atoms with Gasteiger partial charge in [0, 0.05) is 13.0 Å². The number of halogens is 4. The lowest BCUT2D eigenvalue weighted by Crippen LogP contribution is -2.10. The maximum absolute atomic E-state index is 13.4. The summed E-state index contributed by atoms with van der Waals surface area (Å²) in [5.41, 5.74) is 4.63. The zero-order valence-electron chi connectivity index (χ0n) is 9.67. The van der Waals surface area contributed by atoms with Gasteiger partial charge in [-0.1, -0.05) is 18.2 Å². The Hall–Kier alpha value is -1.47. The zero-order valence-corrected chi connectivity index (χ0v) is 10.5. The molecule has 0 saturated carbocycles. The molecule has 102 valence electrons. The zero-order chi connectivity index (χ0) is 14.0. The van der Waals surface area contributed by atoms with Crippen LogP contribution in [0.5, 0.6) is 0 Å². The average molecular weight is 290 g/mol. The van der Waals surface area contributed by atoms with Gasteiger partial charge < -0.3 is 5.73 Å². The second-order valence-corrected chi connectivity index (χ2v) is 5.02. The van der Waals surface area contributed by atoms with Gasteiger partial charge in [0.25, 0.3) is 0 Å². The number of thiazole rings is 1. The van der Waals surface area contributed by atoms with Crippen LogP contribution in [0.1, 0.15) is 21.1 Å². The van der Waals surface area contributed by atoms with Crippen molar-refractivity contribution < 1.29 is 17.6 Å². The van der Waals surface area contributed by atoms with E-state index in [1.165, 1.54) is 18.2 Å². The third kappa shape index (κ3) is 3.10. The summed E-state index contributed by atoms with van der Waals surface area (Å²) in [4.78, 5) is 3.51. The fraction of sp³-hybridized carbons (Fsp3) is 0.250. The average Bonchev–Trinajstić information content (AvgIpc) is 2.75. The third-order valence-corrected chi connectivity index (χ3v) is 3.57. The second-order valence-electron chi connectivity index (χ2n) is 3.85. The highest BCUT2D eigenvalue weighted by molar-refractivity contribution is 7.11. The molecule has 0 aliphatic heterocycles. The molecule has 2 aromatic rings. The van der Waals surface area contributed by atoms with Crippen LogP contribution in [0.2, 0.25) is 0 Å². The smallest absolute Gasteiger partial charge is 0.326 e. The van der Waals surface area contributed by atoms with Gasteiger partial charge in [-0.2, -0.15) is 13.2 Å². The summed E-state index contributed by atoms with van der Waals surface area (Å²) in [7, 11) is 0. The lowest BCUT2D eigenvalue weighted by Gasteiger charge is -2.03. The number of hydrogen-bond donors (Lipinski definition) is 1. The van der Waals surface area contributed by atoms with E-state index in [0.717, 1.165) is 11.3 Å². The summed E-state index contributed by atoms with van der Waals surface area (Å²) < 4.78 is 51.5. The van der Waals surface area contributed by atoms with Crippen molar-refractivity contribution in [1.82, 2.24) is 4.98 Å². The molecule has 0 unspecified atom stereocenters. The Kier molecular flexibility index (Phi) is 3.86. The van der Waals surface area contributed by atoms with E-state index in [1.54, 1.807) is 6.07 Å². The molecule has 2 N–H and O–H groups in total. The van der Waals surface area contributed by atoms with Gasteiger partial charge in [0.05, 0.1) is 9.88 Å². The number of nitrogens with zero attached hydrogens (tertiary/aromatic N) is 1. The van der Waals surface area contributed by atoms with E-state index in [1.807, 2.05) is 0 Å². The van der Waals surface area contributed by atoms with Crippen LogP contribution in [0.25, 0.3) is 0 Å². The van der Waals surface area contributed by atoms with E-state index >= 15 is 0 Å². The maximum Gasteiger partial charge on any atom is 0.434 e. The predicted molar refractivity (Wildman–Crippen MR) is 64.2 cm³/mol. The summed E-state index contributed by atoms with van der Waals surface area (Å²) in [5.74, 6) is -0.458. The topological polar surface area (TPSA) is 38.9 Å². The molecule has 0 atom stereocenters. The Labute approximate surface area is 110 Å². The molecule has 0 amide bonds. The van der Waals surface area contributed by atoms with Crippen LogP contribution in [-0.4, -0.2) is 4.98 Å². The van der Waals surface area contributed by atoms with Gasteiger partial charge in [0.1, 0.15) is 5.82 Å². The summed E-state index contributed by atoms with van der Waals surface area (Å²) >= 11 is 0.867. The van der Waals surface area contributed by atoms with Crippen LogP contribution in [0.4, 0.5) is 17.6 Å². The highest BCUT2D eigenvalue weighted by Crippen LogP contribution is 2.34. The molecule has 1 aromatic heterocycles. The Morgan fingerprint density at radius 2 is 1.89 bits per heavy atom. The monoisotopic (exact) mass is 290 g/mol. The largest absolute Gasteiger partial charge is 0.434 e. The standard InChI is InChI=1S/C12H10F4N2S/c13-8-4-2-1-3-7(8)5-10-18-11(12(14,15)16)9(6-17)19-10/h1-4H,5-6,17H2. The maximum atomic E-state index is 13.4. The molecule has 2 nitrogen and oxygen atoms in total. The fourth-order valence-corrected chi connectivity index (χ4v) is 2.63. The van der Waals surface area contributed by atoms with Gasteiger partial charge in [-0.15, -0.1) is 11.3 Å². The van der Waals surface area contributed by atoms with Crippen molar-refractivity contribution >= 4 is 11.3 Å². The number of nitrogens with two attached hydrogens (primary N) is 1. The van der Waals surface area contributed by atoms with Crippen LogP contribution in [0.3, 0.4) is 0 Å². The van der Waals surface area contributed by atoms with Crippen molar-refractivity contribution in [1.29, 1.82) is 0 Å². The Morgan fingerprint density at radius 1 is 1.21 bits per heavy atom. The van der Waals surface area contributed by atoms with E-state index in [4.69, 9.17) is 5.73 Å². The van der Waals surface area contributed by atoms with Crippen molar-refractivity contribution in [3.8, 4) is 0 Å². The van der Waals surface area contributed by atoms with Crippen molar-refractivity contribution in [3.05, 3.63) is 51.2 Å². The summed E-state index contributed by atoms with van der Waals surface area (Å²) in [6.07, 6.45) is -4.50. The summed E-state index contributed by atoms with van der Waals surface area (Å²) in [6, 6.07) is 5.93. The summed E-state index contributed by atoms with van der Waals surface area (Å²) in [5, 5.41) is 0.206. The SMILES string of the molecule is NCc1sc(Cc2ccccc2F)nc1C(F)(F)F. The molecule has 0 spiro atoms. The van der Waals surface area contributed by atoms with Crippen molar-refractivity contribution in [3.63, 3.8) is 0 Å². The van der Waals surface area contributed by atoms with E-state index in [9.17, 15) is 17.6 Å². The molecule has 0 radical (unpaired) electrons. The molecule has 0 aliphatic carbocycles. The quantitative estimate of drug-likeness (QED) is 0.880. The molecule has 7 heteroatoms. The van der Waals surface area contributed by atoms with E-state index in [2.05, 4.69) is 4.98 Å². The number of alkyl halides is 3. The van der Waals surface area contributed by atoms with Crippen LogP contribution in [0, 0.1) is 5.82 Å². The molecule has 1 aromatic carbocycles. The van der Waals surface area contributed by atoms with E-state index in [-0.39, 0.29) is 22.9 Å². The minimum Gasteiger partial charge on any atom is -0.326 e. The van der Waals surface area contributed by atoms with E-state index in [0.29, 0.717) is 5.56 Å². The van der Waals surface area contributed by atoms with Crippen molar-refractivity contribution in [2.75, 3.05) is 0 Å². The minimum absolute atomic E-state index is 0.0282. The van der Waals surface area contributed by atoms with Gasteiger partial charge in [0.2, 0.25) is 0 Å². The summed E-state index contributed by atoms with van der Waals surface area (Å²) in [6.45, 7) is -0.232. The molecule has 0 bridgehead atoms. The van der Waals surface area contributed by atoms with Crippen molar-refractivity contribution in [2.24, 2.45) is 5.73 Å². The minimum atomic E-state index is -4.53. The van der Waals surface area contributed by atoms with Gasteiger partial charge >= 0.3 is 6.18 Å². The normalized spacial score (nSPS) is 11.8. The van der Waals surface area contributed by atoms with Gasteiger partial charge in [-0.3, -0.25) is 0 Å². The Morgan fingerprint density at radius 3 is 2.42 bits per heavy atom. The number of aromatic nitrogens is 1. The van der Waals surface area contributed by atoms with Gasteiger partial charge in [-0.25, -0.2) is 9.37 Å². The van der Waals surface area contributed by atoms with Crippen LogP contribution in [-0.2, 0) is 19.1 Å². The molecule has 1 heterocycles. The molecule has 0 fully saturated rings. The van der Waals surface area contributed by atoms with Crippen molar-refractivity contribution in [2.45, 2.75) is 19.1 Å². The van der Waals surface area contributed by atoms with Crippen LogP contribution >= 0.6 is 11.3 Å². The van der Waals surface area contributed by atoms with Gasteiger partial charge in [0.15, 0.2) is 5.69 Å². The van der Waals surface area contributed by atoms with E-state index < -0.39 is 17.7 Å². The first-order chi connectivity index (χ1) is 8.91. The first kappa shape index (κ1) is 14.0. The molecule has 0 saturated heterocycles. The molecule has 2 rings (SSSR count). The number of rotatable bonds is 3. The number of benzene rings is 1. The fourth-order valence-electron chi connectivity index (χ4n) is 1.64. The van der Waals surface area contributed by atoms with Gasteiger partial charge in [-0.05, 0) is 11.6 Å². The lowest BCUT2D eigenvalue weighted by atomic mass is 10.1. The molecular formula is C12H10F4N2S. The lowest BCUT2D eigenvalue weighted by molar-refractivity contribution is -0.141. The van der Waals surface area contributed by atoms with Crippen LogP contribution < -0.4 is 5.73 Å². The Balaban J connectivity index is 2.32. The predicted octanol–water partition coefficient (Wildman–Crippen LogP) is 3.35. The molecular weight excluding hydrogens is 280 g/mol.